The number of hydrogen-bond acceptors (Lipinski definition) is 7. The fourth-order valence-electron chi connectivity index (χ4n) is 2.40. The van der Waals surface area contributed by atoms with Crippen LogP contribution in [0, 0.1) is 0 Å². The van der Waals surface area contributed by atoms with E-state index in [9.17, 15) is 14.7 Å². The lowest BCUT2D eigenvalue weighted by molar-refractivity contribution is 0.0601. The Morgan fingerprint density at radius 3 is 2.64 bits per heavy atom. The highest BCUT2D eigenvalue weighted by atomic mass is 32.2. The average Bonchev–Trinajstić information content (AvgIpc) is 2.73. The van der Waals surface area contributed by atoms with Gasteiger partial charge < -0.3 is 25.0 Å². The van der Waals surface area contributed by atoms with E-state index in [2.05, 4.69) is 5.32 Å². The van der Waals surface area contributed by atoms with E-state index in [0.717, 1.165) is 5.56 Å². The molecule has 1 unspecified atom stereocenters. The van der Waals surface area contributed by atoms with Crippen molar-refractivity contribution in [2.75, 3.05) is 31.9 Å². The maximum atomic E-state index is 12.6. The van der Waals surface area contributed by atoms with Crippen molar-refractivity contribution in [3.63, 3.8) is 0 Å². The van der Waals surface area contributed by atoms with Crippen molar-refractivity contribution in [3.8, 4) is 5.75 Å². The zero-order valence-electron chi connectivity index (χ0n) is 15.7. The lowest BCUT2D eigenvalue weighted by atomic mass is 10.1. The SMILES string of the molecule is COC(=O)c1cc(OC)ccc1NC(=O)c1cccc(CSCC(O)CO)c1. The molecule has 1 atom stereocenters. The molecule has 0 radical (unpaired) electrons. The first-order valence-corrected chi connectivity index (χ1v) is 9.67. The number of aliphatic hydroxyl groups is 2. The number of benzene rings is 2. The Hall–Kier alpha value is -2.55. The number of amides is 1. The molecule has 0 heterocycles. The van der Waals surface area contributed by atoms with Crippen molar-refractivity contribution in [1.82, 2.24) is 0 Å². The summed E-state index contributed by atoms with van der Waals surface area (Å²) < 4.78 is 9.88. The number of carbonyl (C=O) groups excluding carboxylic acids is 2. The highest BCUT2D eigenvalue weighted by Gasteiger charge is 2.16. The van der Waals surface area contributed by atoms with E-state index >= 15 is 0 Å². The maximum Gasteiger partial charge on any atom is 0.340 e. The summed E-state index contributed by atoms with van der Waals surface area (Å²) >= 11 is 1.46. The predicted molar refractivity (Wildman–Crippen MR) is 108 cm³/mol. The molecule has 0 saturated carbocycles. The highest BCUT2D eigenvalue weighted by Crippen LogP contribution is 2.24. The van der Waals surface area contributed by atoms with Crippen molar-refractivity contribution >= 4 is 29.3 Å². The molecule has 0 fully saturated rings. The van der Waals surface area contributed by atoms with Gasteiger partial charge >= 0.3 is 5.97 Å². The Kier molecular flexibility index (Phi) is 8.31. The van der Waals surface area contributed by atoms with E-state index in [1.807, 2.05) is 6.07 Å². The lowest BCUT2D eigenvalue weighted by Gasteiger charge is -2.12. The topological polar surface area (TPSA) is 105 Å². The molecule has 2 rings (SSSR count). The van der Waals surface area contributed by atoms with E-state index < -0.39 is 12.1 Å². The fourth-order valence-corrected chi connectivity index (χ4v) is 3.31. The highest BCUT2D eigenvalue weighted by molar-refractivity contribution is 7.98. The van der Waals surface area contributed by atoms with Crippen molar-refractivity contribution in [3.05, 3.63) is 59.2 Å². The largest absolute Gasteiger partial charge is 0.497 e. The van der Waals surface area contributed by atoms with E-state index in [4.69, 9.17) is 14.6 Å². The number of ether oxygens (including phenoxy) is 2. The number of aliphatic hydroxyl groups excluding tert-OH is 2. The number of rotatable bonds is 9. The van der Waals surface area contributed by atoms with E-state index in [-0.39, 0.29) is 18.1 Å². The standard InChI is InChI=1S/C20H23NO6S/c1-26-16-6-7-18(17(9-16)20(25)27-2)21-19(24)14-5-3-4-13(8-14)11-28-12-15(23)10-22/h3-9,15,22-23H,10-12H2,1-2H3,(H,21,24). The van der Waals surface area contributed by atoms with Gasteiger partial charge in [-0.25, -0.2) is 4.79 Å². The molecule has 0 aliphatic rings. The van der Waals surface area contributed by atoms with Gasteiger partial charge in [-0.15, -0.1) is 0 Å². The summed E-state index contributed by atoms with van der Waals surface area (Å²) in [5.74, 6) is 0.525. The summed E-state index contributed by atoms with van der Waals surface area (Å²) in [5.41, 5.74) is 1.86. The number of hydrogen-bond donors (Lipinski definition) is 3. The van der Waals surface area contributed by atoms with Crippen LogP contribution in [0.4, 0.5) is 5.69 Å². The summed E-state index contributed by atoms with van der Waals surface area (Å²) in [6.45, 7) is -0.278. The molecule has 8 heteroatoms. The van der Waals surface area contributed by atoms with Gasteiger partial charge in [-0.05, 0) is 35.9 Å². The summed E-state index contributed by atoms with van der Waals surface area (Å²) in [5, 5.41) is 21.0. The third kappa shape index (κ3) is 5.98. The van der Waals surface area contributed by atoms with Gasteiger partial charge in [0, 0.05) is 17.1 Å². The molecule has 0 aliphatic carbocycles. The summed E-state index contributed by atoms with van der Waals surface area (Å²) in [4.78, 5) is 24.6. The van der Waals surface area contributed by atoms with Crippen molar-refractivity contribution in [2.45, 2.75) is 11.9 Å². The second-order valence-electron chi connectivity index (χ2n) is 5.91. The van der Waals surface area contributed by atoms with Crippen LogP contribution < -0.4 is 10.1 Å². The van der Waals surface area contributed by atoms with Gasteiger partial charge in [0.05, 0.1) is 38.2 Å². The average molecular weight is 405 g/mol. The minimum atomic E-state index is -0.761. The van der Waals surface area contributed by atoms with Crippen LogP contribution in [0.5, 0.6) is 5.75 Å². The molecule has 0 saturated heterocycles. The van der Waals surface area contributed by atoms with Gasteiger partial charge in [0.1, 0.15) is 5.75 Å². The van der Waals surface area contributed by atoms with Gasteiger partial charge in [0.2, 0.25) is 0 Å². The monoisotopic (exact) mass is 405 g/mol. The second-order valence-corrected chi connectivity index (χ2v) is 6.94. The molecule has 0 spiro atoms. The molecule has 2 aromatic carbocycles. The minimum absolute atomic E-state index is 0.194. The summed E-state index contributed by atoms with van der Waals surface area (Å²) in [6.07, 6.45) is -0.761. The summed E-state index contributed by atoms with van der Waals surface area (Å²) in [7, 11) is 2.75. The van der Waals surface area contributed by atoms with Crippen LogP contribution in [-0.4, -0.2) is 54.8 Å². The van der Waals surface area contributed by atoms with Crippen molar-refractivity contribution < 1.29 is 29.3 Å². The van der Waals surface area contributed by atoms with Crippen LogP contribution in [-0.2, 0) is 10.5 Å². The first-order chi connectivity index (χ1) is 13.5. The van der Waals surface area contributed by atoms with Gasteiger partial charge in [-0.1, -0.05) is 12.1 Å². The number of anilines is 1. The van der Waals surface area contributed by atoms with Crippen LogP contribution in [0.1, 0.15) is 26.3 Å². The first kappa shape index (κ1) is 21.7. The molecule has 28 heavy (non-hydrogen) atoms. The molecule has 3 N–H and O–H groups in total. The zero-order chi connectivity index (χ0) is 20.5. The third-order valence-corrected chi connectivity index (χ3v) is 5.02. The van der Waals surface area contributed by atoms with Crippen LogP contribution in [0.25, 0.3) is 0 Å². The Bertz CT molecular complexity index is 826. The third-order valence-electron chi connectivity index (χ3n) is 3.86. The van der Waals surface area contributed by atoms with E-state index in [1.165, 1.54) is 32.0 Å². The smallest absolute Gasteiger partial charge is 0.340 e. The van der Waals surface area contributed by atoms with Crippen LogP contribution >= 0.6 is 11.8 Å². The van der Waals surface area contributed by atoms with Gasteiger partial charge in [0.25, 0.3) is 5.91 Å². The fraction of sp³-hybridized carbons (Fsp3) is 0.300. The number of nitrogens with one attached hydrogen (secondary N) is 1. The molecule has 0 bridgehead atoms. The zero-order valence-corrected chi connectivity index (χ0v) is 16.5. The predicted octanol–water partition coefficient (Wildman–Crippen LogP) is 2.32. The quantitative estimate of drug-likeness (QED) is 0.550. The maximum absolute atomic E-state index is 12.6. The van der Waals surface area contributed by atoms with Gasteiger partial charge in [-0.2, -0.15) is 11.8 Å². The Balaban J connectivity index is 2.13. The number of carbonyl (C=O) groups is 2. The molecule has 0 aliphatic heterocycles. The molecule has 2 aromatic rings. The molecular weight excluding hydrogens is 382 g/mol. The Labute approximate surface area is 167 Å². The van der Waals surface area contributed by atoms with Gasteiger partial charge in [0.15, 0.2) is 0 Å². The first-order valence-electron chi connectivity index (χ1n) is 8.51. The molecule has 7 nitrogen and oxygen atoms in total. The van der Waals surface area contributed by atoms with Crippen LogP contribution in [0.15, 0.2) is 42.5 Å². The second kappa shape index (κ2) is 10.7. The Morgan fingerprint density at radius 1 is 1.18 bits per heavy atom. The van der Waals surface area contributed by atoms with E-state index in [0.29, 0.717) is 28.5 Å². The molecular formula is C20H23NO6S. The molecule has 150 valence electrons. The van der Waals surface area contributed by atoms with Crippen LogP contribution in [0.3, 0.4) is 0 Å². The number of methoxy groups -OCH3 is 2. The minimum Gasteiger partial charge on any atom is -0.497 e. The number of esters is 1. The van der Waals surface area contributed by atoms with Crippen molar-refractivity contribution in [1.29, 1.82) is 0 Å². The lowest BCUT2D eigenvalue weighted by Crippen LogP contribution is -2.16. The molecule has 0 aromatic heterocycles. The Morgan fingerprint density at radius 2 is 1.96 bits per heavy atom. The summed E-state index contributed by atoms with van der Waals surface area (Å²) in [6, 6.07) is 11.8. The van der Waals surface area contributed by atoms with Crippen molar-refractivity contribution in [2.24, 2.45) is 0 Å². The van der Waals surface area contributed by atoms with Crippen LogP contribution in [0.2, 0.25) is 0 Å². The van der Waals surface area contributed by atoms with Gasteiger partial charge in [-0.3, -0.25) is 4.79 Å². The number of thioether (sulfide) groups is 1. The normalized spacial score (nSPS) is 11.6. The van der Waals surface area contributed by atoms with E-state index in [1.54, 1.807) is 30.3 Å². The molecule has 1 amide bonds.